The van der Waals surface area contributed by atoms with Crippen LogP contribution in [0.5, 0.6) is 5.75 Å². The van der Waals surface area contributed by atoms with E-state index in [4.69, 9.17) is 19.5 Å². The van der Waals surface area contributed by atoms with Gasteiger partial charge in [-0.1, -0.05) is 0 Å². The molecule has 3 N–H and O–H groups in total. The van der Waals surface area contributed by atoms with Crippen LogP contribution >= 0.6 is 0 Å². The van der Waals surface area contributed by atoms with E-state index in [1.54, 1.807) is 0 Å². The number of carbonyl (C=O) groups is 2. The van der Waals surface area contributed by atoms with Gasteiger partial charge in [-0.3, -0.25) is 4.55 Å². The van der Waals surface area contributed by atoms with Crippen molar-refractivity contribution < 1.29 is 67.1 Å². The molecule has 0 aliphatic carbocycles. The van der Waals surface area contributed by atoms with Crippen LogP contribution in [-0.4, -0.2) is 40.6 Å². The number of benzene rings is 1. The van der Waals surface area contributed by atoms with Crippen molar-refractivity contribution >= 4 is 22.1 Å². The predicted molar refractivity (Wildman–Crippen MR) is 66.3 cm³/mol. The molecule has 0 saturated carbocycles. The first-order valence-corrected chi connectivity index (χ1v) is 6.69. The van der Waals surface area contributed by atoms with Crippen molar-refractivity contribution in [2.45, 2.75) is 11.9 Å². The summed E-state index contributed by atoms with van der Waals surface area (Å²) in [4.78, 5) is 21.7. The molecule has 0 fully saturated rings. The maximum Gasteiger partial charge on any atom is 1.00 e. The van der Waals surface area contributed by atoms with Crippen LogP contribution in [-0.2, 0) is 10.1 Å². The second-order valence-electron chi connectivity index (χ2n) is 3.71. The van der Waals surface area contributed by atoms with E-state index < -0.39 is 38.6 Å². The first-order valence-electron chi connectivity index (χ1n) is 5.19. The maximum absolute atomic E-state index is 11.0. The van der Waals surface area contributed by atoms with Gasteiger partial charge in [0.15, 0.2) is 5.44 Å². The molecule has 0 bridgehead atoms. The fourth-order valence-corrected chi connectivity index (χ4v) is 1.87. The molecule has 1 rings (SSSR count). The molecular weight excluding hydrogens is 315 g/mol. The minimum absolute atomic E-state index is 0. The summed E-state index contributed by atoms with van der Waals surface area (Å²) in [6.07, 6.45) is -0.349. The standard InChI is InChI=1S/C11H11O8S.Na/c1-2-9(20(16,17)18)19-8-4-6(10(12)13)3-7(5-8)11(14)15;/h3-5,9H,1-2H2,(H,12,13)(H,14,15)(H,16,17,18);/q-1;+1. The Hall–Kier alpha value is -1.13. The summed E-state index contributed by atoms with van der Waals surface area (Å²) in [7, 11) is -4.56. The summed E-state index contributed by atoms with van der Waals surface area (Å²) >= 11 is 0. The van der Waals surface area contributed by atoms with Crippen molar-refractivity contribution in [1.29, 1.82) is 0 Å². The van der Waals surface area contributed by atoms with Crippen molar-refractivity contribution in [3.05, 3.63) is 36.2 Å². The summed E-state index contributed by atoms with van der Waals surface area (Å²) in [6.45, 7) is 3.27. The van der Waals surface area contributed by atoms with Gasteiger partial charge in [0.05, 0.1) is 11.1 Å². The van der Waals surface area contributed by atoms with Gasteiger partial charge in [0, 0.05) is 0 Å². The minimum Gasteiger partial charge on any atom is -0.478 e. The predicted octanol–water partition coefficient (Wildman–Crippen LogP) is -2.10. The van der Waals surface area contributed by atoms with Crippen LogP contribution < -0.4 is 34.3 Å². The van der Waals surface area contributed by atoms with Gasteiger partial charge in [0.1, 0.15) is 5.75 Å². The van der Waals surface area contributed by atoms with E-state index in [9.17, 15) is 18.0 Å². The van der Waals surface area contributed by atoms with Crippen molar-refractivity contribution in [2.24, 2.45) is 0 Å². The molecule has 0 spiro atoms. The zero-order valence-electron chi connectivity index (χ0n) is 11.0. The van der Waals surface area contributed by atoms with E-state index >= 15 is 0 Å². The second-order valence-corrected chi connectivity index (χ2v) is 5.26. The average molecular weight is 326 g/mol. The first kappa shape index (κ1) is 19.9. The van der Waals surface area contributed by atoms with Crippen LogP contribution in [0.15, 0.2) is 18.2 Å². The third kappa shape index (κ3) is 5.64. The number of hydrogen-bond donors (Lipinski definition) is 3. The van der Waals surface area contributed by atoms with E-state index in [0.717, 1.165) is 18.2 Å². The first-order chi connectivity index (χ1) is 9.15. The van der Waals surface area contributed by atoms with Crippen molar-refractivity contribution in [1.82, 2.24) is 0 Å². The summed E-state index contributed by atoms with van der Waals surface area (Å²) < 4.78 is 35.7. The third-order valence-electron chi connectivity index (χ3n) is 2.24. The minimum atomic E-state index is -4.56. The SMILES string of the molecule is [CH2-]CC(Oc1cc(C(=O)O)cc(C(=O)O)c1)S(=O)(=O)O.[Na+]. The molecule has 10 heteroatoms. The molecule has 0 aromatic heterocycles. The number of hydrogen-bond acceptors (Lipinski definition) is 5. The average Bonchev–Trinajstić information content (AvgIpc) is 2.33. The molecule has 0 amide bonds. The molecule has 8 nitrogen and oxygen atoms in total. The smallest absolute Gasteiger partial charge is 0.478 e. The molecule has 1 aromatic carbocycles. The molecule has 0 radical (unpaired) electrons. The monoisotopic (exact) mass is 326 g/mol. The Kier molecular flexibility index (Phi) is 7.34. The van der Waals surface area contributed by atoms with Gasteiger partial charge < -0.3 is 21.9 Å². The number of rotatable bonds is 6. The second kappa shape index (κ2) is 7.76. The Labute approximate surface area is 142 Å². The van der Waals surface area contributed by atoms with Crippen molar-refractivity contribution in [3.63, 3.8) is 0 Å². The van der Waals surface area contributed by atoms with E-state index in [0.29, 0.717) is 0 Å². The van der Waals surface area contributed by atoms with Gasteiger partial charge in [-0.2, -0.15) is 8.42 Å². The zero-order chi connectivity index (χ0) is 15.5. The quantitative estimate of drug-likeness (QED) is 0.307. The zero-order valence-corrected chi connectivity index (χ0v) is 13.8. The molecule has 0 saturated heterocycles. The molecule has 0 aliphatic rings. The Morgan fingerprint density at radius 2 is 1.57 bits per heavy atom. The van der Waals surface area contributed by atoms with Crippen molar-refractivity contribution in [2.75, 3.05) is 0 Å². The third-order valence-corrected chi connectivity index (χ3v) is 3.23. The van der Waals surface area contributed by atoms with Gasteiger partial charge >= 0.3 is 51.6 Å². The summed E-state index contributed by atoms with van der Waals surface area (Å²) in [5, 5.41) is 17.7. The molecule has 0 aliphatic heterocycles. The summed E-state index contributed by atoms with van der Waals surface area (Å²) in [5.41, 5.74) is -2.50. The van der Waals surface area contributed by atoms with Crippen LogP contribution in [0.25, 0.3) is 0 Å². The number of carboxylic acids is 2. The summed E-state index contributed by atoms with van der Waals surface area (Å²) in [5.74, 6) is -3.12. The number of carboxylic acid groups (broad SMARTS) is 2. The molecule has 1 unspecified atom stereocenters. The van der Waals surface area contributed by atoms with E-state index in [1.165, 1.54) is 0 Å². The van der Waals surface area contributed by atoms with Crippen molar-refractivity contribution in [3.8, 4) is 5.75 Å². The van der Waals surface area contributed by atoms with Crippen LogP contribution in [0.4, 0.5) is 0 Å². The van der Waals surface area contributed by atoms with Gasteiger partial charge in [-0.25, -0.2) is 9.59 Å². The normalized spacial score (nSPS) is 12.1. The Balaban J connectivity index is 0.00000400. The fraction of sp³-hybridized carbons (Fsp3) is 0.182. The number of aromatic carboxylic acids is 2. The molecule has 1 aromatic rings. The van der Waals surface area contributed by atoms with Crippen LogP contribution in [0, 0.1) is 6.92 Å². The topological polar surface area (TPSA) is 138 Å². The Bertz CT molecular complexity index is 607. The summed E-state index contributed by atoms with van der Waals surface area (Å²) in [6, 6.07) is 2.79. The molecule has 21 heavy (non-hydrogen) atoms. The Morgan fingerprint density at radius 3 is 1.86 bits per heavy atom. The van der Waals surface area contributed by atoms with Gasteiger partial charge in [0.25, 0.3) is 0 Å². The number of ether oxygens (including phenoxy) is 1. The van der Waals surface area contributed by atoms with Crippen LogP contribution in [0.2, 0.25) is 0 Å². The fourth-order valence-electron chi connectivity index (χ4n) is 1.33. The molecule has 0 heterocycles. The van der Waals surface area contributed by atoms with Crippen LogP contribution in [0.1, 0.15) is 27.1 Å². The Morgan fingerprint density at radius 1 is 1.14 bits per heavy atom. The van der Waals surface area contributed by atoms with E-state index in [2.05, 4.69) is 6.92 Å². The van der Waals surface area contributed by atoms with Gasteiger partial charge in [-0.05, 0) is 18.2 Å². The largest absolute Gasteiger partial charge is 1.00 e. The van der Waals surface area contributed by atoms with Crippen LogP contribution in [0.3, 0.4) is 0 Å². The molecular formula is C11H11NaO8S. The molecule has 110 valence electrons. The van der Waals surface area contributed by atoms with E-state index in [1.807, 2.05) is 0 Å². The molecule has 1 atom stereocenters. The van der Waals surface area contributed by atoms with Gasteiger partial charge in [0.2, 0.25) is 0 Å². The van der Waals surface area contributed by atoms with E-state index in [-0.39, 0.29) is 41.7 Å². The van der Waals surface area contributed by atoms with Gasteiger partial charge in [-0.15, -0.1) is 6.42 Å². The maximum atomic E-state index is 11.0.